The van der Waals surface area contributed by atoms with Gasteiger partial charge in [-0.05, 0) is 75.6 Å². The molecule has 4 rings (SSSR count). The number of benzene rings is 2. The number of nitrogens with zero attached hydrogens (tertiary/aromatic N) is 1. The maximum absolute atomic E-state index is 12.8. The Labute approximate surface area is 182 Å². The lowest BCUT2D eigenvalue weighted by Gasteiger charge is -2.19. The zero-order valence-electron chi connectivity index (χ0n) is 17.5. The van der Waals surface area contributed by atoms with Gasteiger partial charge >= 0.3 is 0 Å². The van der Waals surface area contributed by atoms with Gasteiger partial charge in [-0.2, -0.15) is 0 Å². The lowest BCUT2D eigenvalue weighted by Crippen LogP contribution is -2.25. The molecule has 0 N–H and O–H groups in total. The SMILES string of the molecule is O=c1c2ccc(Cl)cc2oc2ccc(OCCCCCCN3CCCCCC3)cc12. The minimum Gasteiger partial charge on any atom is -0.494 e. The summed E-state index contributed by atoms with van der Waals surface area (Å²) in [7, 11) is 0. The minimum atomic E-state index is -0.0538. The van der Waals surface area contributed by atoms with Crippen molar-refractivity contribution in [2.75, 3.05) is 26.2 Å². The summed E-state index contributed by atoms with van der Waals surface area (Å²) < 4.78 is 11.7. The fourth-order valence-electron chi connectivity index (χ4n) is 4.24. The maximum Gasteiger partial charge on any atom is 0.200 e. The predicted molar refractivity (Wildman–Crippen MR) is 124 cm³/mol. The van der Waals surface area contributed by atoms with E-state index in [4.69, 9.17) is 20.8 Å². The second-order valence-corrected chi connectivity index (χ2v) is 8.68. The monoisotopic (exact) mass is 427 g/mol. The molecule has 0 unspecified atom stereocenters. The third-order valence-corrected chi connectivity index (χ3v) is 6.18. The van der Waals surface area contributed by atoms with Crippen molar-refractivity contribution >= 4 is 33.5 Å². The van der Waals surface area contributed by atoms with Crippen LogP contribution in [0.5, 0.6) is 5.75 Å². The first-order valence-electron chi connectivity index (χ1n) is 11.2. The Morgan fingerprint density at radius 1 is 0.867 bits per heavy atom. The molecule has 4 nitrogen and oxygen atoms in total. The molecular formula is C25H30ClNO3. The molecule has 0 atom stereocenters. The van der Waals surface area contributed by atoms with Gasteiger partial charge in [0.1, 0.15) is 16.9 Å². The van der Waals surface area contributed by atoms with Crippen LogP contribution in [-0.2, 0) is 0 Å². The van der Waals surface area contributed by atoms with Gasteiger partial charge in [-0.3, -0.25) is 4.79 Å². The van der Waals surface area contributed by atoms with Gasteiger partial charge in [0.2, 0.25) is 5.43 Å². The highest BCUT2D eigenvalue weighted by Crippen LogP contribution is 2.24. The Morgan fingerprint density at radius 2 is 1.67 bits per heavy atom. The Hall–Kier alpha value is -2.04. The van der Waals surface area contributed by atoms with Crippen molar-refractivity contribution in [3.63, 3.8) is 0 Å². The van der Waals surface area contributed by atoms with Gasteiger partial charge in [0.05, 0.1) is 17.4 Å². The summed E-state index contributed by atoms with van der Waals surface area (Å²) in [5.74, 6) is 0.715. The van der Waals surface area contributed by atoms with E-state index in [0.717, 1.165) is 6.42 Å². The average molecular weight is 428 g/mol. The van der Waals surface area contributed by atoms with Crippen LogP contribution in [0.2, 0.25) is 5.02 Å². The third-order valence-electron chi connectivity index (χ3n) is 5.94. The number of hydrogen-bond donors (Lipinski definition) is 0. The molecule has 1 aliphatic heterocycles. The van der Waals surface area contributed by atoms with Gasteiger partial charge in [0, 0.05) is 11.1 Å². The number of halogens is 1. The van der Waals surface area contributed by atoms with Crippen LogP contribution in [0.1, 0.15) is 51.4 Å². The van der Waals surface area contributed by atoms with E-state index in [2.05, 4.69) is 4.90 Å². The van der Waals surface area contributed by atoms with E-state index in [1.807, 2.05) is 6.07 Å². The first-order chi connectivity index (χ1) is 14.7. The second-order valence-electron chi connectivity index (χ2n) is 8.25. The van der Waals surface area contributed by atoms with E-state index in [0.29, 0.717) is 39.3 Å². The number of likely N-dealkylation sites (tertiary alicyclic amines) is 1. The predicted octanol–water partition coefficient (Wildman–Crippen LogP) is 6.41. The zero-order chi connectivity index (χ0) is 20.8. The fourth-order valence-corrected chi connectivity index (χ4v) is 4.40. The smallest absolute Gasteiger partial charge is 0.200 e. The van der Waals surface area contributed by atoms with E-state index in [1.54, 1.807) is 30.3 Å². The molecule has 1 saturated heterocycles. The molecule has 1 aliphatic rings. The molecule has 1 aromatic heterocycles. The zero-order valence-corrected chi connectivity index (χ0v) is 18.3. The molecular weight excluding hydrogens is 398 g/mol. The maximum atomic E-state index is 12.8. The summed E-state index contributed by atoms with van der Waals surface area (Å²) in [6.45, 7) is 4.47. The Kier molecular flexibility index (Phi) is 7.29. The largest absolute Gasteiger partial charge is 0.494 e. The van der Waals surface area contributed by atoms with Crippen molar-refractivity contribution < 1.29 is 9.15 Å². The molecule has 2 aromatic carbocycles. The van der Waals surface area contributed by atoms with Crippen molar-refractivity contribution in [2.45, 2.75) is 51.4 Å². The van der Waals surface area contributed by atoms with Crippen LogP contribution in [0.25, 0.3) is 21.9 Å². The summed E-state index contributed by atoms with van der Waals surface area (Å²) in [4.78, 5) is 15.4. The Morgan fingerprint density at radius 3 is 2.50 bits per heavy atom. The van der Waals surface area contributed by atoms with Crippen LogP contribution in [0.4, 0.5) is 0 Å². The van der Waals surface area contributed by atoms with Crippen LogP contribution in [0, 0.1) is 0 Å². The third kappa shape index (κ3) is 5.35. The van der Waals surface area contributed by atoms with Gasteiger partial charge in [-0.15, -0.1) is 0 Å². The molecule has 3 aromatic rings. The van der Waals surface area contributed by atoms with Gasteiger partial charge < -0.3 is 14.1 Å². The number of rotatable bonds is 8. The molecule has 1 fully saturated rings. The van der Waals surface area contributed by atoms with Crippen LogP contribution in [-0.4, -0.2) is 31.1 Å². The van der Waals surface area contributed by atoms with Gasteiger partial charge in [0.25, 0.3) is 0 Å². The summed E-state index contributed by atoms with van der Waals surface area (Å²) in [6, 6.07) is 10.5. The average Bonchev–Trinajstić information content (AvgIpc) is 3.02. The molecule has 160 valence electrons. The van der Waals surface area contributed by atoms with Crippen LogP contribution in [0.3, 0.4) is 0 Å². The van der Waals surface area contributed by atoms with Crippen LogP contribution in [0.15, 0.2) is 45.6 Å². The topological polar surface area (TPSA) is 42.7 Å². The lowest BCUT2D eigenvalue weighted by molar-refractivity contribution is 0.272. The molecule has 30 heavy (non-hydrogen) atoms. The normalized spacial score (nSPS) is 15.5. The highest BCUT2D eigenvalue weighted by molar-refractivity contribution is 6.31. The van der Waals surface area contributed by atoms with Crippen LogP contribution < -0.4 is 10.2 Å². The Balaban J connectivity index is 1.26. The Bertz CT molecular complexity index is 1040. The molecule has 5 heteroatoms. The van der Waals surface area contributed by atoms with E-state index in [-0.39, 0.29) is 5.43 Å². The molecule has 0 aliphatic carbocycles. The van der Waals surface area contributed by atoms with Gasteiger partial charge in [0.15, 0.2) is 0 Å². The van der Waals surface area contributed by atoms with E-state index >= 15 is 0 Å². The van der Waals surface area contributed by atoms with Crippen molar-refractivity contribution in [3.05, 3.63) is 51.6 Å². The minimum absolute atomic E-state index is 0.0538. The highest BCUT2D eigenvalue weighted by atomic mass is 35.5. The standard InChI is InChI=1S/C25H30ClNO3/c26-19-9-11-21-24(17-19)30-23-12-10-20(18-22(23)25(21)28)29-16-8-4-3-7-15-27-13-5-1-2-6-14-27/h9-12,17-18H,1-8,13-16H2. The van der Waals surface area contributed by atoms with Crippen molar-refractivity contribution in [1.29, 1.82) is 0 Å². The first kappa shape index (κ1) is 21.2. The van der Waals surface area contributed by atoms with Crippen molar-refractivity contribution in [1.82, 2.24) is 4.90 Å². The van der Waals surface area contributed by atoms with Gasteiger partial charge in [-0.1, -0.05) is 37.3 Å². The molecule has 0 amide bonds. The van der Waals surface area contributed by atoms with Crippen molar-refractivity contribution in [3.8, 4) is 5.75 Å². The van der Waals surface area contributed by atoms with E-state index < -0.39 is 0 Å². The fraction of sp³-hybridized carbons (Fsp3) is 0.480. The second kappa shape index (κ2) is 10.3. The molecule has 0 spiro atoms. The van der Waals surface area contributed by atoms with E-state index in [1.165, 1.54) is 64.6 Å². The van der Waals surface area contributed by atoms with Gasteiger partial charge in [-0.25, -0.2) is 0 Å². The van der Waals surface area contributed by atoms with Crippen LogP contribution >= 0.6 is 11.6 Å². The highest BCUT2D eigenvalue weighted by Gasteiger charge is 2.10. The summed E-state index contributed by atoms with van der Waals surface area (Å²) in [5.41, 5.74) is 1.01. The van der Waals surface area contributed by atoms with E-state index in [9.17, 15) is 4.79 Å². The first-order valence-corrected chi connectivity index (χ1v) is 11.6. The summed E-state index contributed by atoms with van der Waals surface area (Å²) in [6.07, 6.45) is 10.2. The summed E-state index contributed by atoms with van der Waals surface area (Å²) >= 11 is 6.01. The number of unbranched alkanes of at least 4 members (excludes halogenated alkanes) is 3. The number of hydrogen-bond acceptors (Lipinski definition) is 4. The number of ether oxygens (including phenoxy) is 1. The lowest BCUT2D eigenvalue weighted by atomic mass is 10.1. The van der Waals surface area contributed by atoms with Crippen molar-refractivity contribution in [2.24, 2.45) is 0 Å². The molecule has 0 radical (unpaired) electrons. The quantitative estimate of drug-likeness (QED) is 0.307. The summed E-state index contributed by atoms with van der Waals surface area (Å²) in [5, 5.41) is 1.63. The molecule has 0 saturated carbocycles. The molecule has 0 bridgehead atoms. The number of fused-ring (bicyclic) bond motifs is 2. The molecule has 2 heterocycles.